The van der Waals surface area contributed by atoms with Gasteiger partial charge >= 0.3 is 12.5 Å². The van der Waals surface area contributed by atoms with E-state index >= 15 is 0 Å². The Kier molecular flexibility index (Phi) is 4.77. The fourth-order valence-corrected chi connectivity index (χ4v) is 1.77. The number of alkyl halides is 6. The number of hydrogen-bond acceptors (Lipinski definition) is 4. The number of nitrogens with one attached hydrogen (secondary N) is 1. The van der Waals surface area contributed by atoms with E-state index in [1.54, 1.807) is 0 Å². The van der Waals surface area contributed by atoms with Crippen LogP contribution in [0.15, 0.2) is 41.7 Å². The second-order valence-corrected chi connectivity index (χ2v) is 4.55. The summed E-state index contributed by atoms with van der Waals surface area (Å²) in [6.45, 7) is 3.30. The second kappa shape index (κ2) is 6.49. The van der Waals surface area contributed by atoms with Gasteiger partial charge in [0.2, 0.25) is 5.95 Å². The number of ether oxygens (including phenoxy) is 1. The van der Waals surface area contributed by atoms with Crippen LogP contribution < -0.4 is 15.6 Å². The molecule has 25 heavy (non-hydrogen) atoms. The standard InChI is InChI=1S/C14H9F6N3O2/c1-2-23-11(24)7-10(13(15,16)17)22-12(23)21-8-3-5-9(6-4-8)25-14(18,19)20/h2-7H,1H2,(H,21,22). The van der Waals surface area contributed by atoms with Crippen molar-refractivity contribution in [2.75, 3.05) is 5.32 Å². The van der Waals surface area contributed by atoms with Crippen LogP contribution in [0.1, 0.15) is 5.69 Å². The van der Waals surface area contributed by atoms with Crippen LogP contribution in [0.3, 0.4) is 0 Å². The number of nitrogens with zero attached hydrogens (tertiary/aromatic N) is 2. The minimum atomic E-state index is -4.87. The fraction of sp³-hybridized carbons (Fsp3) is 0.143. The van der Waals surface area contributed by atoms with Crippen molar-refractivity contribution in [3.63, 3.8) is 0 Å². The molecule has 0 unspecified atom stereocenters. The van der Waals surface area contributed by atoms with Crippen molar-refractivity contribution >= 4 is 17.8 Å². The topological polar surface area (TPSA) is 56.1 Å². The van der Waals surface area contributed by atoms with Gasteiger partial charge in [-0.05, 0) is 24.3 Å². The summed E-state index contributed by atoms with van der Waals surface area (Å²) in [7, 11) is 0. The van der Waals surface area contributed by atoms with Gasteiger partial charge in [-0.15, -0.1) is 13.2 Å². The van der Waals surface area contributed by atoms with Crippen molar-refractivity contribution in [2.45, 2.75) is 12.5 Å². The Morgan fingerprint density at radius 1 is 1.12 bits per heavy atom. The minimum Gasteiger partial charge on any atom is -0.406 e. The quantitative estimate of drug-likeness (QED) is 0.832. The number of hydrogen-bond donors (Lipinski definition) is 1. The average Bonchev–Trinajstić information content (AvgIpc) is 2.46. The van der Waals surface area contributed by atoms with Crippen LogP contribution in [0.5, 0.6) is 5.75 Å². The molecule has 11 heteroatoms. The predicted molar refractivity (Wildman–Crippen MR) is 76.3 cm³/mol. The molecule has 0 saturated carbocycles. The molecule has 0 saturated heterocycles. The number of rotatable bonds is 4. The molecule has 1 aromatic heterocycles. The van der Waals surface area contributed by atoms with E-state index in [4.69, 9.17) is 0 Å². The first kappa shape index (κ1) is 18.4. The van der Waals surface area contributed by atoms with Crippen LogP contribution in [0, 0.1) is 0 Å². The maximum atomic E-state index is 12.7. The van der Waals surface area contributed by atoms with E-state index in [-0.39, 0.29) is 5.69 Å². The van der Waals surface area contributed by atoms with Gasteiger partial charge in [-0.1, -0.05) is 6.58 Å². The van der Waals surface area contributed by atoms with Crippen LogP contribution in [-0.4, -0.2) is 15.9 Å². The zero-order chi connectivity index (χ0) is 18.8. The number of halogens is 6. The number of aromatic nitrogens is 2. The molecular formula is C14H9F6N3O2. The SMILES string of the molecule is C=Cn1c(Nc2ccc(OC(F)(F)F)cc2)nc(C(F)(F)F)cc1=O. The molecule has 0 atom stereocenters. The second-order valence-electron chi connectivity index (χ2n) is 4.55. The first-order chi connectivity index (χ1) is 11.5. The van der Waals surface area contributed by atoms with Crippen LogP contribution in [0.4, 0.5) is 38.0 Å². The highest BCUT2D eigenvalue weighted by atomic mass is 19.4. The van der Waals surface area contributed by atoms with Gasteiger partial charge in [-0.3, -0.25) is 9.36 Å². The van der Waals surface area contributed by atoms with Gasteiger partial charge in [0.1, 0.15) is 5.75 Å². The van der Waals surface area contributed by atoms with Gasteiger partial charge in [-0.2, -0.15) is 13.2 Å². The molecule has 1 aromatic carbocycles. The van der Waals surface area contributed by atoms with Gasteiger partial charge in [0.25, 0.3) is 5.56 Å². The Hall–Kier alpha value is -2.98. The molecule has 0 amide bonds. The van der Waals surface area contributed by atoms with Gasteiger partial charge < -0.3 is 10.1 Å². The highest BCUT2D eigenvalue weighted by Crippen LogP contribution is 2.28. The third kappa shape index (κ3) is 4.75. The summed E-state index contributed by atoms with van der Waals surface area (Å²) in [5.41, 5.74) is -2.37. The number of benzene rings is 1. The summed E-state index contributed by atoms with van der Waals surface area (Å²) in [5.74, 6) is -1.02. The average molecular weight is 365 g/mol. The fourth-order valence-electron chi connectivity index (χ4n) is 1.77. The Morgan fingerprint density at radius 3 is 2.20 bits per heavy atom. The molecular weight excluding hydrogens is 356 g/mol. The van der Waals surface area contributed by atoms with Crippen molar-refractivity contribution in [2.24, 2.45) is 0 Å². The lowest BCUT2D eigenvalue weighted by molar-refractivity contribution is -0.274. The zero-order valence-corrected chi connectivity index (χ0v) is 12.1. The van der Waals surface area contributed by atoms with Crippen LogP contribution in [-0.2, 0) is 6.18 Å². The van der Waals surface area contributed by atoms with E-state index in [1.807, 2.05) is 0 Å². The van der Waals surface area contributed by atoms with E-state index in [1.165, 1.54) is 0 Å². The molecule has 2 aromatic rings. The first-order valence-electron chi connectivity index (χ1n) is 6.46. The lowest BCUT2D eigenvalue weighted by Gasteiger charge is -2.14. The lowest BCUT2D eigenvalue weighted by Crippen LogP contribution is -2.23. The summed E-state index contributed by atoms with van der Waals surface area (Å²) in [6, 6.07) is 4.41. The Labute approximate surface area is 136 Å². The van der Waals surface area contributed by atoms with E-state index in [9.17, 15) is 31.1 Å². The third-order valence-electron chi connectivity index (χ3n) is 2.77. The maximum absolute atomic E-state index is 12.7. The largest absolute Gasteiger partial charge is 0.573 e. The highest BCUT2D eigenvalue weighted by Gasteiger charge is 2.34. The van der Waals surface area contributed by atoms with Crippen LogP contribution in [0.2, 0.25) is 0 Å². The summed E-state index contributed by atoms with van der Waals surface area (Å²) in [5, 5.41) is 2.41. The summed E-state index contributed by atoms with van der Waals surface area (Å²) in [4.78, 5) is 15.0. The molecule has 2 rings (SSSR count). The molecule has 134 valence electrons. The van der Waals surface area contributed by atoms with Crippen molar-refractivity contribution in [1.82, 2.24) is 9.55 Å². The molecule has 0 radical (unpaired) electrons. The lowest BCUT2D eigenvalue weighted by atomic mass is 10.3. The van der Waals surface area contributed by atoms with E-state index < -0.39 is 35.5 Å². The monoisotopic (exact) mass is 365 g/mol. The van der Waals surface area contributed by atoms with Crippen molar-refractivity contribution < 1.29 is 31.1 Å². The minimum absolute atomic E-state index is 0.0800. The first-order valence-corrected chi connectivity index (χ1v) is 6.46. The van der Waals surface area contributed by atoms with Crippen LogP contribution in [0.25, 0.3) is 6.20 Å². The van der Waals surface area contributed by atoms with E-state index in [0.29, 0.717) is 6.07 Å². The maximum Gasteiger partial charge on any atom is 0.573 e. The van der Waals surface area contributed by atoms with Gasteiger partial charge in [-0.25, -0.2) is 4.98 Å². The van der Waals surface area contributed by atoms with Gasteiger partial charge in [0.15, 0.2) is 5.69 Å². The molecule has 5 nitrogen and oxygen atoms in total. The van der Waals surface area contributed by atoms with E-state index in [2.05, 4.69) is 21.6 Å². The number of anilines is 2. The predicted octanol–water partition coefficient (Wildman–Crippen LogP) is 4.00. The van der Waals surface area contributed by atoms with Gasteiger partial charge in [0, 0.05) is 18.0 Å². The summed E-state index contributed by atoms with van der Waals surface area (Å²) < 4.78 is 78.9. The van der Waals surface area contributed by atoms with E-state index in [0.717, 1.165) is 35.0 Å². The zero-order valence-electron chi connectivity index (χ0n) is 12.1. The van der Waals surface area contributed by atoms with Gasteiger partial charge in [0.05, 0.1) is 0 Å². The molecule has 0 aliphatic carbocycles. The molecule has 0 aliphatic rings. The molecule has 0 bridgehead atoms. The van der Waals surface area contributed by atoms with Crippen molar-refractivity contribution in [3.8, 4) is 5.75 Å². The summed E-state index contributed by atoms with van der Waals surface area (Å²) in [6.07, 6.45) is -8.78. The van der Waals surface area contributed by atoms with Crippen molar-refractivity contribution in [1.29, 1.82) is 0 Å². The van der Waals surface area contributed by atoms with Crippen molar-refractivity contribution in [3.05, 3.63) is 53.0 Å². The highest BCUT2D eigenvalue weighted by molar-refractivity contribution is 5.56. The molecule has 0 fully saturated rings. The third-order valence-corrected chi connectivity index (χ3v) is 2.77. The molecule has 1 N–H and O–H groups in total. The smallest absolute Gasteiger partial charge is 0.406 e. The molecule has 0 aliphatic heterocycles. The molecule has 1 heterocycles. The Bertz CT molecular complexity index is 824. The summed E-state index contributed by atoms with van der Waals surface area (Å²) >= 11 is 0. The normalized spacial score (nSPS) is 11.9. The Morgan fingerprint density at radius 2 is 1.72 bits per heavy atom. The molecule has 0 spiro atoms. The van der Waals surface area contributed by atoms with Crippen LogP contribution >= 0.6 is 0 Å². The Balaban J connectivity index is 2.34.